The molecule has 0 aromatic heterocycles. The molecule has 2 rings (SSSR count). The molecule has 0 amide bonds. The van der Waals surface area contributed by atoms with Crippen molar-refractivity contribution in [1.82, 2.24) is 4.90 Å². The van der Waals surface area contributed by atoms with E-state index in [1.54, 1.807) is 0 Å². The zero-order chi connectivity index (χ0) is 9.97. The Balaban J connectivity index is 1.62. The lowest BCUT2D eigenvalue weighted by molar-refractivity contribution is 0.179. The first kappa shape index (κ1) is 10.8. The van der Waals surface area contributed by atoms with Gasteiger partial charge in [-0.3, -0.25) is 0 Å². The number of hydrogen-bond donors (Lipinski definition) is 0. The third-order valence-corrected chi connectivity index (χ3v) is 4.19. The van der Waals surface area contributed by atoms with Gasteiger partial charge in [-0.15, -0.1) is 11.6 Å². The van der Waals surface area contributed by atoms with Crippen molar-refractivity contribution in [2.24, 2.45) is 11.8 Å². The van der Waals surface area contributed by atoms with Gasteiger partial charge in [0.2, 0.25) is 0 Å². The highest BCUT2D eigenvalue weighted by Gasteiger charge is 2.25. The third kappa shape index (κ3) is 3.13. The predicted octanol–water partition coefficient (Wildman–Crippen LogP) is 3.13. The molecule has 2 fully saturated rings. The fourth-order valence-electron chi connectivity index (χ4n) is 2.41. The molecule has 14 heavy (non-hydrogen) atoms. The van der Waals surface area contributed by atoms with Crippen molar-refractivity contribution in [1.29, 1.82) is 0 Å². The number of halogens is 1. The second kappa shape index (κ2) is 4.85. The van der Waals surface area contributed by atoms with Crippen LogP contribution in [0.2, 0.25) is 0 Å². The summed E-state index contributed by atoms with van der Waals surface area (Å²) in [6.45, 7) is 6.06. The van der Waals surface area contributed by atoms with Crippen molar-refractivity contribution in [2.75, 3.05) is 19.6 Å². The third-order valence-electron chi connectivity index (χ3n) is 3.83. The molecule has 1 nitrogen and oxygen atoms in total. The summed E-state index contributed by atoms with van der Waals surface area (Å²) in [6.07, 6.45) is 7.07. The Morgan fingerprint density at radius 1 is 1.21 bits per heavy atom. The largest absolute Gasteiger partial charge is 0.303 e. The zero-order valence-corrected chi connectivity index (χ0v) is 9.97. The molecule has 0 aromatic carbocycles. The Bertz CT molecular complexity index is 169. The lowest BCUT2D eigenvalue weighted by Gasteiger charge is -2.33. The molecule has 82 valence electrons. The number of likely N-dealkylation sites (tertiary alicyclic amines) is 1. The Morgan fingerprint density at radius 2 is 1.86 bits per heavy atom. The first-order chi connectivity index (χ1) is 6.75. The first-order valence-corrected chi connectivity index (χ1v) is 6.56. The lowest BCUT2D eigenvalue weighted by atomic mass is 9.94. The summed E-state index contributed by atoms with van der Waals surface area (Å²) in [5.74, 6) is 1.86. The Kier molecular flexibility index (Phi) is 3.73. The molecule has 1 aliphatic heterocycles. The summed E-state index contributed by atoms with van der Waals surface area (Å²) in [5, 5.41) is 0.376. The van der Waals surface area contributed by atoms with Gasteiger partial charge >= 0.3 is 0 Å². The molecule has 2 aliphatic rings. The van der Waals surface area contributed by atoms with E-state index in [1.807, 2.05) is 0 Å². The van der Waals surface area contributed by atoms with Crippen molar-refractivity contribution in [2.45, 2.75) is 44.4 Å². The molecule has 0 aromatic rings. The molecule has 1 atom stereocenters. The smallest absolute Gasteiger partial charge is 0.0337 e. The zero-order valence-electron chi connectivity index (χ0n) is 9.21. The Morgan fingerprint density at radius 3 is 2.36 bits per heavy atom. The van der Waals surface area contributed by atoms with E-state index < -0.39 is 0 Å². The van der Waals surface area contributed by atoms with Gasteiger partial charge in [-0.05, 0) is 57.7 Å². The molecule has 1 heterocycles. The molecule has 1 unspecified atom stereocenters. The van der Waals surface area contributed by atoms with Crippen LogP contribution in [-0.2, 0) is 0 Å². The van der Waals surface area contributed by atoms with Crippen LogP contribution in [-0.4, -0.2) is 29.9 Å². The normalized spacial score (nSPS) is 27.9. The van der Waals surface area contributed by atoms with Gasteiger partial charge in [-0.2, -0.15) is 0 Å². The van der Waals surface area contributed by atoms with Crippen LogP contribution < -0.4 is 0 Å². The summed E-state index contributed by atoms with van der Waals surface area (Å²) in [4.78, 5) is 2.63. The maximum Gasteiger partial charge on any atom is 0.0337 e. The summed E-state index contributed by atoms with van der Waals surface area (Å²) >= 11 is 6.12. The van der Waals surface area contributed by atoms with E-state index in [2.05, 4.69) is 11.8 Å². The number of piperidine rings is 1. The highest BCUT2D eigenvalue weighted by molar-refractivity contribution is 6.20. The molecule has 0 spiro atoms. The SMILES string of the molecule is CC(Cl)C1CCN(CCC2CC2)CC1. The second-order valence-electron chi connectivity index (χ2n) is 5.09. The van der Waals surface area contributed by atoms with Gasteiger partial charge < -0.3 is 4.90 Å². The fraction of sp³-hybridized carbons (Fsp3) is 1.00. The highest BCUT2D eigenvalue weighted by atomic mass is 35.5. The number of alkyl halides is 1. The van der Waals surface area contributed by atoms with Crippen molar-refractivity contribution >= 4 is 11.6 Å². The molecule has 0 radical (unpaired) electrons. The van der Waals surface area contributed by atoms with E-state index in [4.69, 9.17) is 11.6 Å². The summed E-state index contributed by atoms with van der Waals surface area (Å²) in [7, 11) is 0. The van der Waals surface area contributed by atoms with Gasteiger partial charge in [0, 0.05) is 5.38 Å². The standard InChI is InChI=1S/C12H22ClN/c1-10(13)12-5-8-14(9-6-12)7-4-11-2-3-11/h10-12H,2-9H2,1H3. The lowest BCUT2D eigenvalue weighted by Crippen LogP contribution is -2.36. The maximum atomic E-state index is 6.12. The Labute approximate surface area is 92.8 Å². The molecular formula is C12H22ClN. The molecule has 0 N–H and O–H groups in total. The van der Waals surface area contributed by atoms with Crippen molar-refractivity contribution < 1.29 is 0 Å². The highest BCUT2D eigenvalue weighted by Crippen LogP contribution is 2.33. The minimum atomic E-state index is 0.376. The van der Waals surface area contributed by atoms with Crippen LogP contribution in [0.4, 0.5) is 0 Å². The van der Waals surface area contributed by atoms with Crippen molar-refractivity contribution in [3.63, 3.8) is 0 Å². The summed E-state index contributed by atoms with van der Waals surface area (Å²) in [6, 6.07) is 0. The fourth-order valence-corrected chi connectivity index (χ4v) is 2.66. The van der Waals surface area contributed by atoms with Crippen molar-refractivity contribution in [3.05, 3.63) is 0 Å². The minimum absolute atomic E-state index is 0.376. The molecule has 1 saturated carbocycles. The molecule has 2 heteroatoms. The van der Waals surface area contributed by atoms with Gasteiger partial charge in [0.05, 0.1) is 0 Å². The van der Waals surface area contributed by atoms with Gasteiger partial charge in [0.15, 0.2) is 0 Å². The quantitative estimate of drug-likeness (QED) is 0.652. The summed E-state index contributed by atoms with van der Waals surface area (Å²) in [5.41, 5.74) is 0. The maximum absolute atomic E-state index is 6.12. The van der Waals surface area contributed by atoms with Crippen molar-refractivity contribution in [3.8, 4) is 0 Å². The molecule has 1 aliphatic carbocycles. The van der Waals surface area contributed by atoms with Crippen LogP contribution >= 0.6 is 11.6 Å². The molecule has 0 bridgehead atoms. The van der Waals surface area contributed by atoms with Crippen LogP contribution in [0.3, 0.4) is 0 Å². The predicted molar refractivity (Wildman–Crippen MR) is 61.8 cm³/mol. The van der Waals surface area contributed by atoms with E-state index >= 15 is 0 Å². The molecular weight excluding hydrogens is 194 g/mol. The monoisotopic (exact) mass is 215 g/mol. The second-order valence-corrected chi connectivity index (χ2v) is 5.78. The van der Waals surface area contributed by atoms with E-state index in [1.165, 1.54) is 51.7 Å². The summed E-state index contributed by atoms with van der Waals surface area (Å²) < 4.78 is 0. The van der Waals surface area contributed by atoms with Crippen LogP contribution in [0.1, 0.15) is 39.0 Å². The minimum Gasteiger partial charge on any atom is -0.303 e. The average Bonchev–Trinajstić information content (AvgIpc) is 2.99. The van der Waals surface area contributed by atoms with Crippen LogP contribution in [0, 0.1) is 11.8 Å². The average molecular weight is 216 g/mol. The van der Waals surface area contributed by atoms with Crippen LogP contribution in [0.5, 0.6) is 0 Å². The first-order valence-electron chi connectivity index (χ1n) is 6.12. The van der Waals surface area contributed by atoms with E-state index in [9.17, 15) is 0 Å². The van der Waals surface area contributed by atoms with E-state index in [0.29, 0.717) is 5.38 Å². The number of nitrogens with zero attached hydrogens (tertiary/aromatic N) is 1. The van der Waals surface area contributed by atoms with Gasteiger partial charge in [-0.25, -0.2) is 0 Å². The van der Waals surface area contributed by atoms with Gasteiger partial charge in [-0.1, -0.05) is 12.8 Å². The topological polar surface area (TPSA) is 3.24 Å². The molecule has 1 saturated heterocycles. The van der Waals surface area contributed by atoms with Crippen LogP contribution in [0.15, 0.2) is 0 Å². The van der Waals surface area contributed by atoms with E-state index in [0.717, 1.165) is 11.8 Å². The van der Waals surface area contributed by atoms with Gasteiger partial charge in [0.1, 0.15) is 0 Å². The van der Waals surface area contributed by atoms with Gasteiger partial charge in [0.25, 0.3) is 0 Å². The number of rotatable bonds is 4. The number of hydrogen-bond acceptors (Lipinski definition) is 1. The van der Waals surface area contributed by atoms with E-state index in [-0.39, 0.29) is 0 Å². The van der Waals surface area contributed by atoms with Crippen LogP contribution in [0.25, 0.3) is 0 Å². The Hall–Kier alpha value is 0.250.